The van der Waals surface area contributed by atoms with Crippen molar-refractivity contribution in [3.63, 3.8) is 0 Å². The van der Waals surface area contributed by atoms with Gasteiger partial charge in [0.25, 0.3) is 0 Å². The number of ketones is 1. The maximum atomic E-state index is 11.8. The van der Waals surface area contributed by atoms with Gasteiger partial charge in [0.15, 0.2) is 5.78 Å². The van der Waals surface area contributed by atoms with Crippen molar-refractivity contribution in [2.45, 2.75) is 30.5 Å². The van der Waals surface area contributed by atoms with Crippen molar-refractivity contribution in [3.8, 4) is 0 Å². The molecule has 0 aliphatic heterocycles. The molecular formula is C11H11BrN2O2. The van der Waals surface area contributed by atoms with Crippen LogP contribution in [0.1, 0.15) is 40.1 Å². The number of nitrogens with zero attached hydrogens (tertiary/aromatic N) is 2. The van der Waals surface area contributed by atoms with E-state index >= 15 is 0 Å². The molecule has 1 aromatic heterocycles. The zero-order chi connectivity index (χ0) is 11.3. The molecule has 0 saturated heterocycles. The minimum atomic E-state index is -0.117. The van der Waals surface area contributed by atoms with Crippen LogP contribution in [-0.2, 0) is 6.42 Å². The van der Waals surface area contributed by atoms with Crippen molar-refractivity contribution < 1.29 is 9.59 Å². The second-order valence-electron chi connectivity index (χ2n) is 4.42. The second kappa shape index (κ2) is 3.52. The number of alkyl halides is 1. The first-order valence-electron chi connectivity index (χ1n) is 5.48. The van der Waals surface area contributed by atoms with Gasteiger partial charge in [0, 0.05) is 12.1 Å². The molecule has 1 atom stereocenters. The predicted octanol–water partition coefficient (Wildman–Crippen LogP) is 1.83. The van der Waals surface area contributed by atoms with Gasteiger partial charge in [-0.05, 0) is 25.7 Å². The van der Waals surface area contributed by atoms with Gasteiger partial charge in [-0.2, -0.15) is 5.10 Å². The summed E-state index contributed by atoms with van der Waals surface area (Å²) in [5.74, 6) is 0.223. The summed E-state index contributed by atoms with van der Waals surface area (Å²) >= 11 is 3.34. The van der Waals surface area contributed by atoms with E-state index in [1.54, 1.807) is 6.20 Å². The maximum absolute atomic E-state index is 11.8. The highest BCUT2D eigenvalue weighted by Crippen LogP contribution is 2.31. The number of aryl methyl sites for hydroxylation is 1. The molecule has 1 aromatic rings. The minimum absolute atomic E-state index is 0.0355. The number of aromatic nitrogens is 2. The van der Waals surface area contributed by atoms with E-state index in [4.69, 9.17) is 0 Å². The molecule has 0 amide bonds. The molecule has 1 fully saturated rings. The SMILES string of the molecule is O=C1c2cn(C(=O)C3CC3)nc2CCC1Br. The molecule has 2 aliphatic rings. The van der Waals surface area contributed by atoms with E-state index in [0.29, 0.717) is 5.56 Å². The summed E-state index contributed by atoms with van der Waals surface area (Å²) < 4.78 is 1.37. The van der Waals surface area contributed by atoms with E-state index in [1.807, 2.05) is 0 Å². The van der Waals surface area contributed by atoms with E-state index in [1.165, 1.54) is 4.68 Å². The van der Waals surface area contributed by atoms with Crippen LogP contribution in [-0.4, -0.2) is 26.3 Å². The third kappa shape index (κ3) is 1.54. The Morgan fingerprint density at radius 1 is 1.44 bits per heavy atom. The van der Waals surface area contributed by atoms with Crippen molar-refractivity contribution >= 4 is 27.6 Å². The van der Waals surface area contributed by atoms with Crippen LogP contribution in [0.25, 0.3) is 0 Å². The molecule has 84 valence electrons. The number of carbonyl (C=O) groups excluding carboxylic acids is 2. The molecule has 1 unspecified atom stereocenters. The molecule has 0 spiro atoms. The van der Waals surface area contributed by atoms with E-state index in [2.05, 4.69) is 21.0 Å². The Morgan fingerprint density at radius 2 is 2.19 bits per heavy atom. The lowest BCUT2D eigenvalue weighted by molar-refractivity contribution is 0.0869. The largest absolute Gasteiger partial charge is 0.293 e. The highest BCUT2D eigenvalue weighted by atomic mass is 79.9. The van der Waals surface area contributed by atoms with Gasteiger partial charge in [-0.3, -0.25) is 9.59 Å². The summed E-state index contributed by atoms with van der Waals surface area (Å²) in [6.45, 7) is 0. The van der Waals surface area contributed by atoms with Crippen LogP contribution in [0.15, 0.2) is 6.20 Å². The van der Waals surface area contributed by atoms with Gasteiger partial charge in [-0.15, -0.1) is 0 Å². The second-order valence-corrected chi connectivity index (χ2v) is 5.52. The van der Waals surface area contributed by atoms with E-state index < -0.39 is 0 Å². The average molecular weight is 283 g/mol. The molecule has 0 N–H and O–H groups in total. The third-order valence-corrected chi connectivity index (χ3v) is 4.00. The van der Waals surface area contributed by atoms with Crippen molar-refractivity contribution in [3.05, 3.63) is 17.5 Å². The minimum Gasteiger partial charge on any atom is -0.293 e. The summed E-state index contributed by atoms with van der Waals surface area (Å²) in [5, 5.41) is 4.22. The Balaban J connectivity index is 1.96. The van der Waals surface area contributed by atoms with Gasteiger partial charge >= 0.3 is 0 Å². The fraction of sp³-hybridized carbons (Fsp3) is 0.545. The zero-order valence-electron chi connectivity index (χ0n) is 8.65. The molecule has 1 heterocycles. The van der Waals surface area contributed by atoms with Gasteiger partial charge in [-0.1, -0.05) is 15.9 Å². The molecule has 0 bridgehead atoms. The van der Waals surface area contributed by atoms with Crippen molar-refractivity contribution in [1.82, 2.24) is 9.78 Å². The highest BCUT2D eigenvalue weighted by Gasteiger charge is 2.34. The number of halogens is 1. The summed E-state index contributed by atoms with van der Waals surface area (Å²) in [6, 6.07) is 0. The van der Waals surface area contributed by atoms with Gasteiger partial charge in [0.05, 0.1) is 16.1 Å². The normalized spacial score (nSPS) is 24.3. The van der Waals surface area contributed by atoms with Crippen LogP contribution in [0.5, 0.6) is 0 Å². The van der Waals surface area contributed by atoms with Crippen LogP contribution < -0.4 is 0 Å². The number of hydrogen-bond acceptors (Lipinski definition) is 3. The van der Waals surface area contributed by atoms with Crippen LogP contribution in [0, 0.1) is 5.92 Å². The molecule has 5 heteroatoms. The smallest absolute Gasteiger partial charge is 0.249 e. The van der Waals surface area contributed by atoms with Crippen LogP contribution >= 0.6 is 15.9 Å². The quantitative estimate of drug-likeness (QED) is 0.739. The molecule has 3 rings (SSSR count). The molecule has 4 nitrogen and oxygen atoms in total. The van der Waals surface area contributed by atoms with Gasteiger partial charge in [0.1, 0.15) is 0 Å². The topological polar surface area (TPSA) is 52.0 Å². The first-order chi connectivity index (χ1) is 7.66. The first kappa shape index (κ1) is 10.2. The molecular weight excluding hydrogens is 272 g/mol. The lowest BCUT2D eigenvalue weighted by atomic mass is 9.97. The summed E-state index contributed by atoms with van der Waals surface area (Å²) in [7, 11) is 0. The fourth-order valence-corrected chi connectivity index (χ4v) is 2.47. The van der Waals surface area contributed by atoms with Crippen molar-refractivity contribution in [2.24, 2.45) is 5.92 Å². The predicted molar refractivity (Wildman–Crippen MR) is 60.9 cm³/mol. The lowest BCUT2D eigenvalue weighted by Crippen LogP contribution is -2.21. The average Bonchev–Trinajstić information content (AvgIpc) is 3.02. The molecule has 16 heavy (non-hydrogen) atoms. The molecule has 0 radical (unpaired) electrons. The van der Waals surface area contributed by atoms with Crippen LogP contribution in [0.3, 0.4) is 0 Å². The number of rotatable bonds is 1. The molecule has 0 aromatic carbocycles. The molecule has 1 saturated carbocycles. The number of fused-ring (bicyclic) bond motifs is 1. The van der Waals surface area contributed by atoms with E-state index in [9.17, 15) is 9.59 Å². The van der Waals surface area contributed by atoms with Gasteiger partial charge in [0.2, 0.25) is 5.91 Å². The van der Waals surface area contributed by atoms with Crippen molar-refractivity contribution in [2.75, 3.05) is 0 Å². The van der Waals surface area contributed by atoms with E-state index in [0.717, 1.165) is 31.4 Å². The number of hydrogen-bond donors (Lipinski definition) is 0. The lowest BCUT2D eigenvalue weighted by Gasteiger charge is -2.13. The fourth-order valence-electron chi connectivity index (χ4n) is 1.99. The van der Waals surface area contributed by atoms with Gasteiger partial charge < -0.3 is 0 Å². The first-order valence-corrected chi connectivity index (χ1v) is 6.39. The number of carbonyl (C=O) groups is 2. The maximum Gasteiger partial charge on any atom is 0.249 e. The molecule has 2 aliphatic carbocycles. The monoisotopic (exact) mass is 282 g/mol. The van der Waals surface area contributed by atoms with E-state index in [-0.39, 0.29) is 22.4 Å². The Labute approximate surface area is 101 Å². The zero-order valence-corrected chi connectivity index (χ0v) is 10.2. The van der Waals surface area contributed by atoms with Crippen LogP contribution in [0.2, 0.25) is 0 Å². The Kier molecular flexibility index (Phi) is 2.24. The standard InChI is InChI=1S/C11H11BrN2O2/c12-8-3-4-9-7(10(8)15)5-14(13-9)11(16)6-1-2-6/h5-6,8H,1-4H2. The van der Waals surface area contributed by atoms with Crippen LogP contribution in [0.4, 0.5) is 0 Å². The Morgan fingerprint density at radius 3 is 2.88 bits per heavy atom. The summed E-state index contributed by atoms with van der Waals surface area (Å²) in [4.78, 5) is 23.5. The highest BCUT2D eigenvalue weighted by molar-refractivity contribution is 9.10. The van der Waals surface area contributed by atoms with Gasteiger partial charge in [-0.25, -0.2) is 4.68 Å². The third-order valence-electron chi connectivity index (χ3n) is 3.13. The summed E-state index contributed by atoms with van der Waals surface area (Å²) in [6.07, 6.45) is 5.05. The summed E-state index contributed by atoms with van der Waals surface area (Å²) in [5.41, 5.74) is 1.39. The van der Waals surface area contributed by atoms with Crippen molar-refractivity contribution in [1.29, 1.82) is 0 Å². The number of Topliss-reactive ketones (excluding diaryl/α,β-unsaturated/α-hetero) is 1. The Hall–Kier alpha value is -0.970. The Bertz CT molecular complexity index is 476.